The zero-order valence-electron chi connectivity index (χ0n) is 94.9. The fourth-order valence-electron chi connectivity index (χ4n) is 23.0. The second-order valence-corrected chi connectivity index (χ2v) is 45.3. The third-order valence-corrected chi connectivity index (χ3v) is 31.9. The number of ketones is 4. The first-order chi connectivity index (χ1) is 68.1. The Morgan fingerprint density at radius 1 is 0.531 bits per heavy atom. The number of hydrogen-bond acceptors (Lipinski definition) is 39. The Morgan fingerprint density at radius 3 is 1.53 bits per heavy atom. The van der Waals surface area contributed by atoms with Gasteiger partial charge in [0.25, 0.3) is 0 Å². The summed E-state index contributed by atoms with van der Waals surface area (Å²) in [6, 6.07) is -1.85. The summed E-state index contributed by atoms with van der Waals surface area (Å²) in [5, 5.41) is 108. The lowest BCUT2D eigenvalue weighted by Gasteiger charge is -2.47. The summed E-state index contributed by atoms with van der Waals surface area (Å²) < 4.78 is 90.1. The number of likely N-dealkylation sites (N-methyl/N-ethyl adjacent to an activating group) is 3. The van der Waals surface area contributed by atoms with E-state index < -0.39 is 250 Å². The van der Waals surface area contributed by atoms with Gasteiger partial charge in [0.2, 0.25) is 12.7 Å². The number of carbonyl (C=O) groups excluding carboxylic acids is 9. The molecule has 41 nitrogen and oxygen atoms in total. The summed E-state index contributed by atoms with van der Waals surface area (Å²) in [5.74, 6) is -12.2. The van der Waals surface area contributed by atoms with Crippen molar-refractivity contribution >= 4 is 58.8 Å². The number of ether oxygens (including phenoxy) is 15. The van der Waals surface area contributed by atoms with Crippen molar-refractivity contribution in [1.29, 1.82) is 0 Å². The van der Waals surface area contributed by atoms with Gasteiger partial charge in [-0.1, -0.05) is 87.7 Å². The topological polar surface area (TPSA) is 530 Å². The van der Waals surface area contributed by atoms with Crippen LogP contribution in [0, 0.1) is 65.1 Å². The number of cyclic esters (lactones) is 3. The zero-order chi connectivity index (χ0) is 112. The molecular weight excluding hydrogens is 1920 g/mol. The molecular formula is C106H190N6O35. The van der Waals surface area contributed by atoms with Crippen LogP contribution in [0.1, 0.15) is 277 Å². The van der Waals surface area contributed by atoms with E-state index in [2.05, 4.69) is 10.6 Å². The van der Waals surface area contributed by atoms with Crippen molar-refractivity contribution in [3.05, 3.63) is 0 Å². The van der Waals surface area contributed by atoms with E-state index in [1.54, 1.807) is 150 Å². The summed E-state index contributed by atoms with van der Waals surface area (Å²) in [6.07, 6.45) is -14.5. The summed E-state index contributed by atoms with van der Waals surface area (Å²) in [5.41, 5.74) is -8.01. The van der Waals surface area contributed by atoms with E-state index in [1.807, 2.05) is 70.7 Å². The number of methoxy groups -OCH3 is 3. The van der Waals surface area contributed by atoms with Gasteiger partial charge in [-0.05, 0) is 216 Å². The standard InChI is InChI=1S/C38H64N2O11.C36H65NO14.C32H61N3O10/c1-13-28-38(9)32(40(36(46)51-38)18-16-14-15-17-22(3)41)24(5)29(42)21(2)20-37(8,47-12)33(25(6)30(43)26(7)34(45)49-28)50-35-31(44)27(39(10)11)19-23(4)48-35;1-13-26-36(10,43)30(39)22(4)28(37-48-19-46-15-14-44-11)20(2)16-34(8,42)32(47-18-21(3)38)23(5)29(24(6)33(41)50-26)51-27-17-35(9,45-12)31(40)25(7)49-27;1-13-24-32(9,41)27(38)21(6)35(12)16-17(2)15-31(8,40)28(44-30-25(37)23(34(10)11)14-18(3)42-30)19(4)26(45-33-22(7)36)20(5)29(39)43-24/h21,23-28,31-33,35,44H,13-20H2,1-12H3;20,22-27,29-32,39-40,42-43H,13-19H2,1-12H3;17-21,23-28,30,37-38,40-41H,13-16H2,1-12H3,(H,33,36)/b;37-28+;/t21-,23-,24+,25+,26-,27+,28-,31-,32-,33-,35+,37-,38-;20-,22+,23+,24-,25?,26-,27+,29+,30-,31+,32-,34-,35?,36-;17-,18?,19+,20-,21-,23?,24-,25?,26+,27-,28-,30+,31-,32-/m111/s1. The second-order valence-electron chi connectivity index (χ2n) is 45.3. The number of nitrogens with zero attached hydrogens (tertiary/aromatic N) is 5. The maximum absolute atomic E-state index is 14.5. The molecule has 2 amide bonds. The zero-order valence-corrected chi connectivity index (χ0v) is 94.9. The smallest absolute Gasteiger partial charge is 0.410 e. The molecule has 0 bridgehead atoms. The molecule has 0 saturated carbocycles. The van der Waals surface area contributed by atoms with Crippen LogP contribution in [0.25, 0.3) is 0 Å². The van der Waals surface area contributed by atoms with Gasteiger partial charge in [0.05, 0.1) is 108 Å². The highest BCUT2D eigenvalue weighted by Crippen LogP contribution is 2.47. The molecule has 0 radical (unpaired) electrons. The highest BCUT2D eigenvalue weighted by molar-refractivity contribution is 6.00. The van der Waals surface area contributed by atoms with E-state index in [-0.39, 0.29) is 113 Å². The molecule has 0 aromatic carbocycles. The molecule has 7 aliphatic heterocycles. The molecule has 7 fully saturated rings. The lowest BCUT2D eigenvalue weighted by atomic mass is 9.73. The van der Waals surface area contributed by atoms with Gasteiger partial charge in [-0.25, -0.2) is 10.3 Å². The molecule has 7 aliphatic rings. The number of oxime groups is 1. The summed E-state index contributed by atoms with van der Waals surface area (Å²) in [7, 11) is 13.8. The Bertz CT molecular complexity index is 4170. The van der Waals surface area contributed by atoms with Gasteiger partial charge in [0, 0.05) is 114 Å². The number of carbonyl (C=O) groups is 9. The third-order valence-electron chi connectivity index (χ3n) is 31.9. The van der Waals surface area contributed by atoms with E-state index in [1.165, 1.54) is 48.8 Å². The average molecular weight is 2110 g/mol. The SMILES string of the molecule is CC[C@H]1OC(=O)[C@H](C)C(=O)[C@H](C)[C@@H](O[C@@H]2O[C@H](C)C[C@H](N(C)C)[C@H]2O)[C@](C)(OC)C[C@@H](C)C(=O)[C@H](C)[C@H]2N(CCCCCC(C)=O)C(=O)O[C@]12C.CC[C@H]1OC(=O)[C@H](C)[C@@H](ONC(C)=O)[C@H](C)[C@@H](O[C@@H]2OC(C)CC(N(C)C)C2O)[C@](C)(O)C[C@@H](C)CN(C)[C@H](C)[C@@H](O)[C@]1(C)O.CC[C@H]1OC(=O)[C@H](C)[C@@H](O[C@H]2CC(C)(OC)[C@@H](O)C(C)O2)[C@H](C)[C@@H](OCC(C)=O)[C@](C)(O)C[C@@H](C)/C(=N\OCOCCOC)[C@H](C)[C@@H](O)[C@]1(C)O. The van der Waals surface area contributed by atoms with Crippen LogP contribution in [-0.2, 0) is 119 Å². The highest BCUT2D eigenvalue weighted by Gasteiger charge is 2.62. The van der Waals surface area contributed by atoms with Crippen LogP contribution in [0.5, 0.6) is 0 Å². The van der Waals surface area contributed by atoms with Gasteiger partial charge in [-0.15, -0.1) is 0 Å². The molecule has 147 heavy (non-hydrogen) atoms. The number of amides is 2. The lowest BCUT2D eigenvalue weighted by Crippen LogP contribution is -2.60. The fraction of sp³-hybridized carbons (Fsp3) is 0.906. The number of aliphatic hydroxyl groups excluding tert-OH is 5. The quantitative estimate of drug-likeness (QED) is 0.00819. The van der Waals surface area contributed by atoms with Crippen molar-refractivity contribution in [2.45, 2.75) is 457 Å². The van der Waals surface area contributed by atoms with Gasteiger partial charge in [-0.2, -0.15) is 0 Å². The van der Waals surface area contributed by atoms with Crippen LogP contribution in [0.2, 0.25) is 0 Å². The number of unbranched alkanes of at least 4 members (excludes halogenated alkanes) is 2. The monoisotopic (exact) mass is 2110 g/mol. The van der Waals surface area contributed by atoms with Crippen LogP contribution < -0.4 is 5.48 Å². The van der Waals surface area contributed by atoms with Crippen molar-refractivity contribution < 1.29 is 170 Å². The third kappa shape index (κ3) is 33.9. The highest BCUT2D eigenvalue weighted by atomic mass is 16.8. The molecule has 7 heterocycles. The number of hydroxylamine groups is 1. The van der Waals surface area contributed by atoms with E-state index in [4.69, 9.17) is 80.7 Å². The van der Waals surface area contributed by atoms with Crippen LogP contribution in [-0.4, -0.2) is 400 Å². The first kappa shape index (κ1) is 132. The Kier molecular flexibility index (Phi) is 51.2. The average Bonchev–Trinajstić information content (AvgIpc) is 1.59. The Balaban J connectivity index is 0.000000389. The van der Waals surface area contributed by atoms with Crippen molar-refractivity contribution in [3.63, 3.8) is 0 Å². The van der Waals surface area contributed by atoms with Crippen LogP contribution in [0.4, 0.5) is 4.79 Å². The normalized spacial score (nSPS) is 42.5. The summed E-state index contributed by atoms with van der Waals surface area (Å²) in [6.45, 7) is 47.5. The Labute approximate surface area is 873 Å². The molecule has 5 unspecified atom stereocenters. The van der Waals surface area contributed by atoms with Crippen molar-refractivity contribution in [2.24, 2.45) is 70.3 Å². The second kappa shape index (κ2) is 57.2. The number of rotatable bonds is 30. The molecule has 854 valence electrons. The molecule has 10 N–H and O–H groups in total. The van der Waals surface area contributed by atoms with Gasteiger partial charge >= 0.3 is 24.0 Å². The largest absolute Gasteiger partial charge is 0.459 e. The van der Waals surface area contributed by atoms with Crippen LogP contribution in [0.15, 0.2) is 5.16 Å². The number of hydrogen-bond donors (Lipinski definition) is 10. The van der Waals surface area contributed by atoms with Crippen molar-refractivity contribution in [2.75, 3.05) is 96.3 Å². The molecule has 0 spiro atoms. The predicted molar refractivity (Wildman–Crippen MR) is 542 cm³/mol. The molecule has 0 aliphatic carbocycles. The number of fused-ring (bicyclic) bond motifs is 1. The van der Waals surface area contributed by atoms with E-state index in [0.29, 0.717) is 63.9 Å². The molecule has 41 atom stereocenters. The van der Waals surface area contributed by atoms with Gasteiger partial charge < -0.3 is 146 Å². The van der Waals surface area contributed by atoms with Gasteiger partial charge in [0.1, 0.15) is 84.1 Å². The number of aliphatic hydroxyl groups is 9. The van der Waals surface area contributed by atoms with Gasteiger partial charge in [0.15, 0.2) is 36.0 Å². The van der Waals surface area contributed by atoms with Crippen LogP contribution in [0.3, 0.4) is 0 Å². The molecule has 7 saturated heterocycles. The predicted octanol–water partition coefficient (Wildman–Crippen LogP) is 7.76. The molecule has 7 rings (SSSR count). The maximum atomic E-state index is 14.5. The minimum absolute atomic E-state index is 0.000502. The summed E-state index contributed by atoms with van der Waals surface area (Å²) in [4.78, 5) is 138. The van der Waals surface area contributed by atoms with Crippen LogP contribution >= 0.6 is 0 Å². The summed E-state index contributed by atoms with van der Waals surface area (Å²) >= 11 is 0. The fourth-order valence-corrected chi connectivity index (χ4v) is 23.0. The first-order valence-electron chi connectivity index (χ1n) is 52.9. The Hall–Kier alpha value is -5.66. The molecule has 41 heteroatoms. The number of Topliss-reactive ketones (excluding diaryl/α,β-unsaturated/α-hetero) is 4. The van der Waals surface area contributed by atoms with Gasteiger partial charge in [-0.3, -0.25) is 38.4 Å². The first-order valence-corrected chi connectivity index (χ1v) is 52.9. The Morgan fingerprint density at radius 2 is 1.03 bits per heavy atom. The lowest BCUT2D eigenvalue weighted by molar-refractivity contribution is -0.301. The minimum Gasteiger partial charge on any atom is -0.459 e. The van der Waals surface area contributed by atoms with E-state index in [9.17, 15) is 89.1 Å². The molecule has 0 aromatic heterocycles. The van der Waals surface area contributed by atoms with Crippen molar-refractivity contribution in [3.8, 4) is 0 Å². The van der Waals surface area contributed by atoms with E-state index >= 15 is 0 Å². The molecule has 0 aromatic rings. The number of esters is 3. The number of nitrogens with one attached hydrogen (secondary N) is 1. The van der Waals surface area contributed by atoms with Crippen molar-refractivity contribution in [1.82, 2.24) is 25.1 Å². The maximum Gasteiger partial charge on any atom is 0.410 e. The minimum atomic E-state index is -1.95. The van der Waals surface area contributed by atoms with E-state index in [0.717, 1.165) is 0 Å².